The second-order valence-corrected chi connectivity index (χ2v) is 3.19. The van der Waals surface area contributed by atoms with Crippen molar-refractivity contribution in [3.8, 4) is 23.2 Å². The van der Waals surface area contributed by atoms with Crippen LogP contribution in [0.25, 0.3) is 11.3 Å². The van der Waals surface area contributed by atoms with E-state index in [9.17, 15) is 0 Å². The minimum atomic E-state index is 0.120. The van der Waals surface area contributed by atoms with E-state index in [-0.39, 0.29) is 5.95 Å². The molecule has 0 atom stereocenters. The molecule has 2 N–H and O–H groups in total. The van der Waals surface area contributed by atoms with Gasteiger partial charge in [0, 0.05) is 17.8 Å². The van der Waals surface area contributed by atoms with E-state index in [1.54, 1.807) is 18.3 Å². The number of aromatic nitrogens is 3. The van der Waals surface area contributed by atoms with Crippen molar-refractivity contribution in [2.45, 2.75) is 0 Å². The fraction of sp³-hybridized carbons (Fsp3) is 0.0909. The van der Waals surface area contributed by atoms with Crippen LogP contribution in [0.3, 0.4) is 0 Å². The standard InChI is InChI=1S/C11H9N5O/c1-17-9-4-7(2-3-14-9)10-8(5-12)6-15-11(13)16-10/h2-4,6H,1H3,(H2,13,15,16). The SMILES string of the molecule is COc1cc(-c2nc(N)ncc2C#N)ccn1. The number of nitrogens with zero attached hydrogens (tertiary/aromatic N) is 4. The minimum Gasteiger partial charge on any atom is -0.481 e. The number of hydrogen-bond donors (Lipinski definition) is 1. The third kappa shape index (κ3) is 2.13. The van der Waals surface area contributed by atoms with Gasteiger partial charge >= 0.3 is 0 Å². The second-order valence-electron chi connectivity index (χ2n) is 3.19. The summed E-state index contributed by atoms with van der Waals surface area (Å²) in [6.45, 7) is 0. The van der Waals surface area contributed by atoms with Gasteiger partial charge in [-0.3, -0.25) is 0 Å². The Morgan fingerprint density at radius 2 is 2.24 bits per heavy atom. The highest BCUT2D eigenvalue weighted by molar-refractivity contribution is 5.67. The van der Waals surface area contributed by atoms with E-state index in [0.29, 0.717) is 22.7 Å². The van der Waals surface area contributed by atoms with Crippen LogP contribution in [0.1, 0.15) is 5.56 Å². The summed E-state index contributed by atoms with van der Waals surface area (Å²) in [5, 5.41) is 8.98. The molecule has 6 nitrogen and oxygen atoms in total. The number of pyridine rings is 1. The lowest BCUT2D eigenvalue weighted by molar-refractivity contribution is 0.398. The van der Waals surface area contributed by atoms with Crippen molar-refractivity contribution in [3.05, 3.63) is 30.1 Å². The first kappa shape index (κ1) is 10.8. The van der Waals surface area contributed by atoms with Crippen LogP contribution < -0.4 is 10.5 Å². The van der Waals surface area contributed by atoms with Crippen molar-refractivity contribution in [3.63, 3.8) is 0 Å². The molecule has 0 fully saturated rings. The number of hydrogen-bond acceptors (Lipinski definition) is 6. The number of rotatable bonds is 2. The molecule has 0 aliphatic heterocycles. The maximum atomic E-state index is 8.98. The van der Waals surface area contributed by atoms with Gasteiger partial charge in [0.1, 0.15) is 6.07 Å². The molecule has 0 spiro atoms. The topological polar surface area (TPSA) is 97.7 Å². The minimum absolute atomic E-state index is 0.120. The summed E-state index contributed by atoms with van der Waals surface area (Å²) in [6, 6.07) is 5.43. The smallest absolute Gasteiger partial charge is 0.220 e. The lowest BCUT2D eigenvalue weighted by atomic mass is 10.1. The van der Waals surface area contributed by atoms with Gasteiger partial charge in [0.2, 0.25) is 11.8 Å². The van der Waals surface area contributed by atoms with E-state index < -0.39 is 0 Å². The lowest BCUT2D eigenvalue weighted by Crippen LogP contribution is -1.99. The van der Waals surface area contributed by atoms with Crippen LogP contribution in [-0.4, -0.2) is 22.1 Å². The summed E-state index contributed by atoms with van der Waals surface area (Å²) in [4.78, 5) is 11.8. The van der Waals surface area contributed by atoms with Gasteiger partial charge in [-0.2, -0.15) is 5.26 Å². The van der Waals surface area contributed by atoms with Gasteiger partial charge in [0.05, 0.1) is 24.6 Å². The average molecular weight is 227 g/mol. The number of methoxy groups -OCH3 is 1. The maximum absolute atomic E-state index is 8.98. The van der Waals surface area contributed by atoms with Crippen LogP contribution in [-0.2, 0) is 0 Å². The lowest BCUT2D eigenvalue weighted by Gasteiger charge is -2.05. The Balaban J connectivity index is 2.59. The molecule has 84 valence electrons. The first-order valence-corrected chi connectivity index (χ1v) is 4.77. The highest BCUT2D eigenvalue weighted by Gasteiger charge is 2.09. The molecule has 0 aromatic carbocycles. The van der Waals surface area contributed by atoms with Crippen LogP contribution in [0.2, 0.25) is 0 Å². The van der Waals surface area contributed by atoms with Crippen LogP contribution in [0.15, 0.2) is 24.5 Å². The molecule has 2 aromatic rings. The third-order valence-electron chi connectivity index (χ3n) is 2.15. The third-order valence-corrected chi connectivity index (χ3v) is 2.15. The van der Waals surface area contributed by atoms with E-state index in [4.69, 9.17) is 15.7 Å². The van der Waals surface area contributed by atoms with Gasteiger partial charge in [-0.05, 0) is 6.07 Å². The molecular weight excluding hydrogens is 218 g/mol. The van der Waals surface area contributed by atoms with Crippen molar-refractivity contribution < 1.29 is 4.74 Å². The van der Waals surface area contributed by atoms with Gasteiger partial charge in [-0.1, -0.05) is 0 Å². The number of nitrogen functional groups attached to an aromatic ring is 1. The summed E-state index contributed by atoms with van der Waals surface area (Å²) in [5.74, 6) is 0.568. The van der Waals surface area contributed by atoms with Gasteiger partial charge in [0.25, 0.3) is 0 Å². The zero-order valence-electron chi connectivity index (χ0n) is 9.08. The molecule has 0 aliphatic rings. The molecule has 0 amide bonds. The number of nitrogens with two attached hydrogens (primary N) is 1. The van der Waals surface area contributed by atoms with Crippen molar-refractivity contribution in [1.82, 2.24) is 15.0 Å². The summed E-state index contributed by atoms with van der Waals surface area (Å²) in [7, 11) is 1.52. The van der Waals surface area contributed by atoms with Gasteiger partial charge in [0.15, 0.2) is 0 Å². The van der Waals surface area contributed by atoms with Gasteiger partial charge < -0.3 is 10.5 Å². The normalized spacial score (nSPS) is 9.65. The Kier molecular flexibility index (Phi) is 2.83. The molecule has 0 bridgehead atoms. The predicted molar refractivity (Wildman–Crippen MR) is 60.9 cm³/mol. The maximum Gasteiger partial charge on any atom is 0.220 e. The Hall–Kier alpha value is -2.68. The van der Waals surface area contributed by atoms with Crippen molar-refractivity contribution in [2.75, 3.05) is 12.8 Å². The molecule has 2 heterocycles. The van der Waals surface area contributed by atoms with E-state index >= 15 is 0 Å². The van der Waals surface area contributed by atoms with Crippen molar-refractivity contribution >= 4 is 5.95 Å². The number of nitriles is 1. The number of ether oxygens (including phenoxy) is 1. The van der Waals surface area contributed by atoms with E-state index in [1.807, 2.05) is 6.07 Å². The summed E-state index contributed by atoms with van der Waals surface area (Å²) in [6.07, 6.45) is 2.97. The average Bonchev–Trinajstić information content (AvgIpc) is 2.39. The summed E-state index contributed by atoms with van der Waals surface area (Å²) >= 11 is 0. The number of anilines is 1. The largest absolute Gasteiger partial charge is 0.481 e. The molecule has 0 radical (unpaired) electrons. The highest BCUT2D eigenvalue weighted by Crippen LogP contribution is 2.23. The van der Waals surface area contributed by atoms with Crippen LogP contribution in [0, 0.1) is 11.3 Å². The Labute approximate surface area is 97.7 Å². The fourth-order valence-corrected chi connectivity index (χ4v) is 1.37. The molecule has 0 unspecified atom stereocenters. The van der Waals surface area contributed by atoms with Gasteiger partial charge in [-0.25, -0.2) is 15.0 Å². The van der Waals surface area contributed by atoms with Crippen molar-refractivity contribution in [1.29, 1.82) is 5.26 Å². The zero-order chi connectivity index (χ0) is 12.3. The van der Waals surface area contributed by atoms with E-state index in [1.165, 1.54) is 13.3 Å². The monoisotopic (exact) mass is 227 g/mol. The van der Waals surface area contributed by atoms with E-state index in [0.717, 1.165) is 0 Å². The van der Waals surface area contributed by atoms with Crippen LogP contribution in [0.4, 0.5) is 5.95 Å². The Morgan fingerprint density at radius 3 is 2.94 bits per heavy atom. The summed E-state index contributed by atoms with van der Waals surface area (Å²) in [5.41, 5.74) is 7.05. The molecule has 17 heavy (non-hydrogen) atoms. The Bertz CT molecular complexity index is 591. The first-order chi connectivity index (χ1) is 8.24. The molecule has 2 rings (SSSR count). The molecule has 6 heteroatoms. The van der Waals surface area contributed by atoms with Crippen LogP contribution in [0.5, 0.6) is 5.88 Å². The quantitative estimate of drug-likeness (QED) is 0.821. The zero-order valence-corrected chi connectivity index (χ0v) is 9.08. The predicted octanol–water partition coefficient (Wildman–Crippen LogP) is 1.00. The molecule has 0 saturated carbocycles. The van der Waals surface area contributed by atoms with Crippen LogP contribution >= 0.6 is 0 Å². The van der Waals surface area contributed by atoms with E-state index in [2.05, 4.69) is 15.0 Å². The molecule has 2 aromatic heterocycles. The summed E-state index contributed by atoms with van der Waals surface area (Å²) < 4.78 is 5.01. The molecule has 0 aliphatic carbocycles. The molecule has 0 saturated heterocycles. The van der Waals surface area contributed by atoms with Gasteiger partial charge in [-0.15, -0.1) is 0 Å². The Morgan fingerprint density at radius 1 is 1.41 bits per heavy atom. The molecular formula is C11H9N5O. The fourth-order valence-electron chi connectivity index (χ4n) is 1.37. The highest BCUT2D eigenvalue weighted by atomic mass is 16.5. The first-order valence-electron chi connectivity index (χ1n) is 4.77. The van der Waals surface area contributed by atoms with Crippen molar-refractivity contribution in [2.24, 2.45) is 0 Å². The second kappa shape index (κ2) is 4.45.